The first-order chi connectivity index (χ1) is 11.0. The minimum Gasteiger partial charge on any atom is -0.497 e. The first-order valence-electron chi connectivity index (χ1n) is 6.92. The molecule has 4 nitrogen and oxygen atoms in total. The molecular formula is C17H14Cl2N2O2. The summed E-state index contributed by atoms with van der Waals surface area (Å²) in [4.78, 5) is 15.6. The lowest BCUT2D eigenvalue weighted by atomic mass is 10.1. The number of aromatic nitrogens is 1. The topological polar surface area (TPSA) is 54.1 Å². The molecule has 0 aliphatic carbocycles. The summed E-state index contributed by atoms with van der Waals surface area (Å²) in [5.74, 6) is 0.507. The summed E-state index contributed by atoms with van der Waals surface area (Å²) >= 11 is 11.8. The van der Waals surface area contributed by atoms with Crippen LogP contribution in [-0.2, 0) is 0 Å². The first-order valence-corrected chi connectivity index (χ1v) is 7.68. The maximum Gasteiger partial charge on any atom is 0.272 e. The number of H-pyrrole nitrogens is 1. The fourth-order valence-corrected chi connectivity index (χ4v) is 2.73. The van der Waals surface area contributed by atoms with Gasteiger partial charge in [0.2, 0.25) is 0 Å². The van der Waals surface area contributed by atoms with Crippen molar-refractivity contribution >= 4 is 45.7 Å². The molecule has 0 atom stereocenters. The van der Waals surface area contributed by atoms with Crippen LogP contribution in [0.2, 0.25) is 10.0 Å². The molecule has 0 saturated heterocycles. The molecule has 6 heteroatoms. The van der Waals surface area contributed by atoms with Gasteiger partial charge in [0.05, 0.1) is 17.2 Å². The number of nitrogens with one attached hydrogen (secondary N) is 2. The van der Waals surface area contributed by atoms with E-state index in [1.165, 1.54) is 0 Å². The van der Waals surface area contributed by atoms with Gasteiger partial charge in [0.15, 0.2) is 0 Å². The molecule has 2 aromatic carbocycles. The molecule has 1 heterocycles. The third kappa shape index (κ3) is 3.00. The normalized spacial score (nSPS) is 10.8. The van der Waals surface area contributed by atoms with E-state index in [0.29, 0.717) is 21.4 Å². The molecule has 0 spiro atoms. The van der Waals surface area contributed by atoms with E-state index in [4.69, 9.17) is 27.9 Å². The number of rotatable bonds is 3. The van der Waals surface area contributed by atoms with E-state index in [-0.39, 0.29) is 5.91 Å². The standard InChI is InChI=1S/C17H14Cl2N2O2/c1-9-12-8-11(23-2)4-6-15(12)21-16(9)17(22)20-10-3-5-13(18)14(19)7-10/h3-8,21H,1-2H3,(H,20,22). The highest BCUT2D eigenvalue weighted by molar-refractivity contribution is 6.42. The summed E-state index contributed by atoms with van der Waals surface area (Å²) in [6, 6.07) is 10.6. The van der Waals surface area contributed by atoms with E-state index in [1.54, 1.807) is 25.3 Å². The molecule has 0 fully saturated rings. The molecule has 2 N–H and O–H groups in total. The average Bonchev–Trinajstić information content (AvgIpc) is 2.87. The molecule has 0 unspecified atom stereocenters. The number of fused-ring (bicyclic) bond motifs is 1. The highest BCUT2D eigenvalue weighted by atomic mass is 35.5. The van der Waals surface area contributed by atoms with E-state index in [0.717, 1.165) is 22.2 Å². The number of aromatic amines is 1. The summed E-state index contributed by atoms with van der Waals surface area (Å²) in [5.41, 5.74) is 2.82. The highest BCUT2D eigenvalue weighted by Crippen LogP contribution is 2.28. The maximum absolute atomic E-state index is 12.5. The second kappa shape index (κ2) is 6.14. The molecule has 0 aliphatic heterocycles. The number of carbonyl (C=O) groups is 1. The van der Waals surface area contributed by atoms with Gasteiger partial charge in [0.1, 0.15) is 11.4 Å². The van der Waals surface area contributed by atoms with Crippen LogP contribution in [0, 0.1) is 6.92 Å². The summed E-state index contributed by atoms with van der Waals surface area (Å²) in [6.07, 6.45) is 0. The fourth-order valence-electron chi connectivity index (χ4n) is 2.43. The Balaban J connectivity index is 1.94. The van der Waals surface area contributed by atoms with Crippen LogP contribution < -0.4 is 10.1 Å². The lowest BCUT2D eigenvalue weighted by Crippen LogP contribution is -2.13. The minimum atomic E-state index is -0.240. The number of anilines is 1. The van der Waals surface area contributed by atoms with E-state index in [9.17, 15) is 4.79 Å². The maximum atomic E-state index is 12.5. The van der Waals surface area contributed by atoms with Gasteiger partial charge in [-0.15, -0.1) is 0 Å². The van der Waals surface area contributed by atoms with Crippen molar-refractivity contribution in [2.24, 2.45) is 0 Å². The molecule has 3 rings (SSSR count). The fraction of sp³-hybridized carbons (Fsp3) is 0.118. The van der Waals surface area contributed by atoms with Gasteiger partial charge in [-0.1, -0.05) is 23.2 Å². The molecule has 118 valence electrons. The van der Waals surface area contributed by atoms with Crippen molar-refractivity contribution in [2.45, 2.75) is 6.92 Å². The molecule has 0 aliphatic rings. The van der Waals surface area contributed by atoms with Crippen molar-refractivity contribution in [1.82, 2.24) is 4.98 Å². The Morgan fingerprint density at radius 2 is 1.91 bits per heavy atom. The van der Waals surface area contributed by atoms with Crippen molar-refractivity contribution in [3.05, 3.63) is 57.7 Å². The zero-order valence-corrected chi connectivity index (χ0v) is 14.0. The Morgan fingerprint density at radius 3 is 2.61 bits per heavy atom. The van der Waals surface area contributed by atoms with Crippen molar-refractivity contribution < 1.29 is 9.53 Å². The second-order valence-electron chi connectivity index (χ2n) is 5.12. The molecule has 0 bridgehead atoms. The van der Waals surface area contributed by atoms with Gasteiger partial charge in [-0.3, -0.25) is 4.79 Å². The number of halogens is 2. The molecule has 1 aromatic heterocycles. The third-order valence-corrected chi connectivity index (χ3v) is 4.41. The minimum absolute atomic E-state index is 0.240. The largest absolute Gasteiger partial charge is 0.497 e. The summed E-state index contributed by atoms with van der Waals surface area (Å²) in [5, 5.41) is 4.59. The number of carbonyl (C=O) groups excluding carboxylic acids is 1. The molecule has 1 amide bonds. The van der Waals surface area contributed by atoms with Gasteiger partial charge in [0, 0.05) is 16.6 Å². The van der Waals surface area contributed by atoms with Crippen molar-refractivity contribution in [3.63, 3.8) is 0 Å². The van der Waals surface area contributed by atoms with Crippen molar-refractivity contribution in [3.8, 4) is 5.75 Å². The number of amides is 1. The van der Waals surface area contributed by atoms with Crippen LogP contribution in [0.4, 0.5) is 5.69 Å². The van der Waals surface area contributed by atoms with Crippen LogP contribution in [-0.4, -0.2) is 18.0 Å². The SMILES string of the molecule is COc1ccc2[nH]c(C(=O)Nc3ccc(Cl)c(Cl)c3)c(C)c2c1. The summed E-state index contributed by atoms with van der Waals surface area (Å²) in [6.45, 7) is 1.89. The highest BCUT2D eigenvalue weighted by Gasteiger charge is 2.15. The Kier molecular flexibility index (Phi) is 4.20. The number of aryl methyl sites for hydroxylation is 1. The predicted octanol–water partition coefficient (Wildman–Crippen LogP) is 5.04. The molecular weight excluding hydrogens is 335 g/mol. The van der Waals surface area contributed by atoms with Gasteiger partial charge in [0.25, 0.3) is 5.91 Å². The van der Waals surface area contributed by atoms with Gasteiger partial charge < -0.3 is 15.0 Å². The Labute approximate surface area is 143 Å². The Hall–Kier alpha value is -2.17. The lowest BCUT2D eigenvalue weighted by Gasteiger charge is -2.06. The van der Waals surface area contributed by atoms with Gasteiger partial charge in [-0.05, 0) is 48.9 Å². The lowest BCUT2D eigenvalue weighted by molar-refractivity contribution is 0.102. The van der Waals surface area contributed by atoms with E-state index in [2.05, 4.69) is 10.3 Å². The van der Waals surface area contributed by atoms with Gasteiger partial charge >= 0.3 is 0 Å². The second-order valence-corrected chi connectivity index (χ2v) is 5.93. The molecule has 0 radical (unpaired) electrons. The zero-order valence-electron chi connectivity index (χ0n) is 12.5. The smallest absolute Gasteiger partial charge is 0.272 e. The van der Waals surface area contributed by atoms with E-state index >= 15 is 0 Å². The quantitative estimate of drug-likeness (QED) is 0.696. The number of ether oxygens (including phenoxy) is 1. The van der Waals surface area contributed by atoms with Crippen LogP contribution in [0.15, 0.2) is 36.4 Å². The number of hydrogen-bond donors (Lipinski definition) is 2. The van der Waals surface area contributed by atoms with Crippen molar-refractivity contribution in [1.29, 1.82) is 0 Å². The zero-order chi connectivity index (χ0) is 16.6. The number of hydrogen-bond acceptors (Lipinski definition) is 2. The summed E-state index contributed by atoms with van der Waals surface area (Å²) in [7, 11) is 1.61. The van der Waals surface area contributed by atoms with Crippen LogP contribution >= 0.6 is 23.2 Å². The van der Waals surface area contributed by atoms with Crippen LogP contribution in [0.3, 0.4) is 0 Å². The van der Waals surface area contributed by atoms with Crippen LogP contribution in [0.5, 0.6) is 5.75 Å². The molecule has 0 saturated carbocycles. The van der Waals surface area contributed by atoms with Crippen molar-refractivity contribution in [2.75, 3.05) is 12.4 Å². The first kappa shape index (κ1) is 15.7. The van der Waals surface area contributed by atoms with Gasteiger partial charge in [-0.2, -0.15) is 0 Å². The number of methoxy groups -OCH3 is 1. The number of benzene rings is 2. The Morgan fingerprint density at radius 1 is 1.13 bits per heavy atom. The van der Waals surface area contributed by atoms with E-state index < -0.39 is 0 Å². The van der Waals surface area contributed by atoms with E-state index in [1.807, 2.05) is 25.1 Å². The summed E-state index contributed by atoms with van der Waals surface area (Å²) < 4.78 is 5.23. The van der Waals surface area contributed by atoms with Crippen LogP contribution in [0.25, 0.3) is 10.9 Å². The average molecular weight is 349 g/mol. The van der Waals surface area contributed by atoms with Gasteiger partial charge in [-0.25, -0.2) is 0 Å². The monoisotopic (exact) mass is 348 g/mol. The molecule has 23 heavy (non-hydrogen) atoms. The predicted molar refractivity (Wildman–Crippen MR) is 94.0 cm³/mol. The van der Waals surface area contributed by atoms with Crippen LogP contribution in [0.1, 0.15) is 16.1 Å². The molecule has 3 aromatic rings. The Bertz CT molecular complexity index is 903. The third-order valence-electron chi connectivity index (χ3n) is 3.67.